The second-order valence-electron chi connectivity index (χ2n) is 8.07. The maximum absolute atomic E-state index is 13.0. The highest BCUT2D eigenvalue weighted by Gasteiger charge is 2.29. The lowest BCUT2D eigenvalue weighted by molar-refractivity contribution is -0.128. The molecule has 2 aliphatic rings. The summed E-state index contributed by atoms with van der Waals surface area (Å²) in [7, 11) is 0. The van der Waals surface area contributed by atoms with E-state index in [1.807, 2.05) is 54.4 Å². The van der Waals surface area contributed by atoms with Gasteiger partial charge >= 0.3 is 0 Å². The minimum absolute atomic E-state index is 0.110. The molecule has 32 heavy (non-hydrogen) atoms. The van der Waals surface area contributed by atoms with E-state index >= 15 is 0 Å². The number of fused-ring (bicyclic) bond motifs is 1. The van der Waals surface area contributed by atoms with Crippen LogP contribution in [0.25, 0.3) is 11.3 Å². The van der Waals surface area contributed by atoms with E-state index in [-0.39, 0.29) is 5.91 Å². The van der Waals surface area contributed by atoms with Crippen LogP contribution in [0.5, 0.6) is 11.5 Å². The van der Waals surface area contributed by atoms with Gasteiger partial charge in [0.1, 0.15) is 13.2 Å². The van der Waals surface area contributed by atoms with Gasteiger partial charge in [0.2, 0.25) is 5.91 Å². The normalized spacial score (nSPS) is 14.9. The van der Waals surface area contributed by atoms with Crippen molar-refractivity contribution in [2.75, 3.05) is 25.5 Å². The van der Waals surface area contributed by atoms with Gasteiger partial charge in [-0.1, -0.05) is 48.2 Å². The van der Waals surface area contributed by atoms with Crippen LogP contribution in [0.3, 0.4) is 0 Å². The summed E-state index contributed by atoms with van der Waals surface area (Å²) in [6.07, 6.45) is 4.28. The summed E-state index contributed by atoms with van der Waals surface area (Å²) in [4.78, 5) is 19.6. The van der Waals surface area contributed by atoms with E-state index in [1.54, 1.807) is 0 Å². The van der Waals surface area contributed by atoms with Gasteiger partial charge in [0.15, 0.2) is 16.7 Å². The minimum Gasteiger partial charge on any atom is -0.486 e. The van der Waals surface area contributed by atoms with Gasteiger partial charge in [0, 0.05) is 19.1 Å². The van der Waals surface area contributed by atoms with E-state index in [2.05, 4.69) is 21.7 Å². The highest BCUT2D eigenvalue weighted by Crippen LogP contribution is 2.42. The summed E-state index contributed by atoms with van der Waals surface area (Å²) in [6, 6.07) is 16.7. The van der Waals surface area contributed by atoms with E-state index in [9.17, 15) is 4.79 Å². The lowest BCUT2D eigenvalue weighted by atomic mass is 10.2. The second-order valence-corrected chi connectivity index (χ2v) is 9.01. The smallest absolute Gasteiger partial charge is 0.233 e. The number of carbonyl (C=O) groups excluding carboxylic acids is 1. The first-order valence-corrected chi connectivity index (χ1v) is 12.1. The molecule has 3 aromatic rings. The number of benzene rings is 2. The number of thioether (sulfide) groups is 1. The molecular formula is C25H27N3O3S. The van der Waals surface area contributed by atoms with Crippen molar-refractivity contribution in [3.05, 3.63) is 60.3 Å². The van der Waals surface area contributed by atoms with Crippen molar-refractivity contribution in [1.29, 1.82) is 0 Å². The lowest BCUT2D eigenvalue weighted by Gasteiger charge is -2.23. The number of hydrogen-bond donors (Lipinski definition) is 0. The number of aromatic nitrogens is 2. The van der Waals surface area contributed by atoms with Gasteiger partial charge in [-0.05, 0) is 43.0 Å². The highest BCUT2D eigenvalue weighted by molar-refractivity contribution is 7.99. The van der Waals surface area contributed by atoms with Crippen molar-refractivity contribution >= 4 is 17.7 Å². The maximum Gasteiger partial charge on any atom is 0.233 e. The second kappa shape index (κ2) is 9.28. The zero-order valence-corrected chi connectivity index (χ0v) is 19.0. The fourth-order valence-corrected chi connectivity index (χ4v) is 4.91. The van der Waals surface area contributed by atoms with E-state index in [4.69, 9.17) is 9.47 Å². The molecule has 0 radical (unpaired) electrons. The van der Waals surface area contributed by atoms with E-state index in [0.717, 1.165) is 27.9 Å². The Bertz CT molecular complexity index is 1100. The zero-order valence-electron chi connectivity index (χ0n) is 18.2. The van der Waals surface area contributed by atoms with Crippen molar-refractivity contribution < 1.29 is 14.3 Å². The number of ether oxygens (including phenoxy) is 2. The number of amides is 1. The predicted octanol–water partition coefficient (Wildman–Crippen LogP) is 4.80. The molecule has 7 heteroatoms. The standard InChI is InChI=1S/C25H27N3O3S/c1-2-27(16-18-8-11-22-23(14-18)31-13-12-30-22)24(29)17-32-25-26-15-21(28(25)20-9-10-20)19-6-4-3-5-7-19/h3-8,11,14-15,20H,2,9-10,12-13,16-17H2,1H3. The van der Waals surface area contributed by atoms with Crippen LogP contribution in [0, 0.1) is 0 Å². The molecule has 1 saturated carbocycles. The quantitative estimate of drug-likeness (QED) is 0.463. The molecule has 166 valence electrons. The van der Waals surface area contributed by atoms with Crippen LogP contribution in [-0.2, 0) is 11.3 Å². The Morgan fingerprint density at radius 1 is 1.12 bits per heavy atom. The van der Waals surface area contributed by atoms with Gasteiger partial charge in [0.25, 0.3) is 0 Å². The van der Waals surface area contributed by atoms with E-state index in [1.165, 1.54) is 30.2 Å². The lowest BCUT2D eigenvalue weighted by Crippen LogP contribution is -2.31. The van der Waals surface area contributed by atoms with Gasteiger partial charge in [0.05, 0.1) is 17.6 Å². The van der Waals surface area contributed by atoms with Crippen LogP contribution in [-0.4, -0.2) is 45.9 Å². The molecule has 0 N–H and O–H groups in total. The molecule has 1 amide bonds. The van der Waals surface area contributed by atoms with Crippen molar-refractivity contribution in [2.24, 2.45) is 0 Å². The Labute approximate surface area is 192 Å². The number of carbonyl (C=O) groups is 1. The third kappa shape index (κ3) is 4.48. The number of nitrogens with zero attached hydrogens (tertiary/aromatic N) is 3. The minimum atomic E-state index is 0.110. The van der Waals surface area contributed by atoms with Crippen LogP contribution in [0.2, 0.25) is 0 Å². The Kier molecular flexibility index (Phi) is 6.08. The highest BCUT2D eigenvalue weighted by atomic mass is 32.2. The molecule has 0 spiro atoms. The molecule has 1 aliphatic heterocycles. The largest absolute Gasteiger partial charge is 0.486 e. The molecule has 0 atom stereocenters. The van der Waals surface area contributed by atoms with Crippen molar-refractivity contribution in [1.82, 2.24) is 14.5 Å². The summed E-state index contributed by atoms with van der Waals surface area (Å²) < 4.78 is 13.6. The van der Waals surface area contributed by atoms with Crippen LogP contribution in [0.1, 0.15) is 31.4 Å². The number of imidazole rings is 1. The summed E-state index contributed by atoms with van der Waals surface area (Å²) >= 11 is 1.53. The van der Waals surface area contributed by atoms with Gasteiger partial charge < -0.3 is 18.9 Å². The van der Waals surface area contributed by atoms with Crippen LogP contribution >= 0.6 is 11.8 Å². The van der Waals surface area contributed by atoms with Gasteiger partial charge in [-0.3, -0.25) is 4.79 Å². The van der Waals surface area contributed by atoms with Crippen molar-refractivity contribution in [3.63, 3.8) is 0 Å². The van der Waals surface area contributed by atoms with Crippen LogP contribution in [0.15, 0.2) is 59.9 Å². The summed E-state index contributed by atoms with van der Waals surface area (Å²) in [6.45, 7) is 4.35. The molecule has 0 saturated heterocycles. The zero-order chi connectivity index (χ0) is 21.9. The Balaban J connectivity index is 1.26. The average Bonchev–Trinajstić information content (AvgIpc) is 3.60. The molecular weight excluding hydrogens is 422 g/mol. The van der Waals surface area contributed by atoms with Gasteiger partial charge in [-0.2, -0.15) is 0 Å². The molecule has 6 nitrogen and oxygen atoms in total. The van der Waals surface area contributed by atoms with Gasteiger partial charge in [-0.25, -0.2) is 4.98 Å². The van der Waals surface area contributed by atoms with Crippen LogP contribution < -0.4 is 9.47 Å². The number of hydrogen-bond acceptors (Lipinski definition) is 5. The average molecular weight is 450 g/mol. The van der Waals surface area contributed by atoms with Crippen LogP contribution in [0.4, 0.5) is 0 Å². The molecule has 5 rings (SSSR count). The predicted molar refractivity (Wildman–Crippen MR) is 125 cm³/mol. The fraction of sp³-hybridized carbons (Fsp3) is 0.360. The molecule has 1 aromatic heterocycles. The summed E-state index contributed by atoms with van der Waals surface area (Å²) in [5.41, 5.74) is 3.34. The first-order chi connectivity index (χ1) is 15.7. The van der Waals surface area contributed by atoms with Gasteiger partial charge in [-0.15, -0.1) is 0 Å². The van der Waals surface area contributed by atoms with E-state index in [0.29, 0.717) is 38.1 Å². The monoisotopic (exact) mass is 449 g/mol. The summed E-state index contributed by atoms with van der Waals surface area (Å²) in [5.74, 6) is 2.01. The Morgan fingerprint density at radius 2 is 1.91 bits per heavy atom. The topological polar surface area (TPSA) is 56.6 Å². The first-order valence-electron chi connectivity index (χ1n) is 11.1. The fourth-order valence-electron chi connectivity index (χ4n) is 3.96. The molecule has 0 bridgehead atoms. The Morgan fingerprint density at radius 3 is 2.66 bits per heavy atom. The maximum atomic E-state index is 13.0. The van der Waals surface area contributed by atoms with Crippen molar-refractivity contribution in [2.45, 2.75) is 37.5 Å². The third-order valence-electron chi connectivity index (χ3n) is 5.78. The Hall–Kier alpha value is -2.93. The third-order valence-corrected chi connectivity index (χ3v) is 6.74. The summed E-state index contributed by atoms with van der Waals surface area (Å²) in [5, 5.41) is 0.926. The van der Waals surface area contributed by atoms with Crippen molar-refractivity contribution in [3.8, 4) is 22.8 Å². The molecule has 1 fully saturated rings. The molecule has 2 aromatic carbocycles. The molecule has 0 unspecified atom stereocenters. The molecule has 2 heterocycles. The molecule has 1 aliphatic carbocycles. The SMILES string of the molecule is CCN(Cc1ccc2c(c1)OCCO2)C(=O)CSc1ncc(-c2ccccc2)n1C1CC1. The number of rotatable bonds is 8. The van der Waals surface area contributed by atoms with E-state index < -0.39 is 0 Å². The first kappa shape index (κ1) is 20.9.